The maximum Gasteiger partial charge on any atom is 0.229 e. The van der Waals surface area contributed by atoms with E-state index >= 15 is 0 Å². The second-order valence-electron chi connectivity index (χ2n) is 7.09. The van der Waals surface area contributed by atoms with Crippen molar-refractivity contribution in [3.63, 3.8) is 0 Å². The monoisotopic (exact) mass is 446 g/mol. The molecule has 1 unspecified atom stereocenters. The molecule has 0 spiro atoms. The summed E-state index contributed by atoms with van der Waals surface area (Å²) in [4.78, 5) is 20.9. The number of carbonyl (C=O) groups is 1. The molecule has 2 aromatic carbocycles. The van der Waals surface area contributed by atoms with Crippen LogP contribution < -0.4 is 4.90 Å². The fourth-order valence-electron chi connectivity index (χ4n) is 3.39. The number of anilines is 1. The van der Waals surface area contributed by atoms with Gasteiger partial charge in [0.05, 0.1) is 27.9 Å². The van der Waals surface area contributed by atoms with E-state index in [0.717, 1.165) is 41.0 Å². The normalized spacial score (nSPS) is 16.4. The van der Waals surface area contributed by atoms with E-state index in [1.807, 2.05) is 42.2 Å². The third-order valence-corrected chi connectivity index (χ3v) is 7.51. The Morgan fingerprint density at radius 1 is 1.31 bits per heavy atom. The zero-order valence-electron chi connectivity index (χ0n) is 16.3. The summed E-state index contributed by atoms with van der Waals surface area (Å²) in [6.07, 6.45) is 2.55. The first-order valence-electron chi connectivity index (χ1n) is 9.77. The maximum atomic E-state index is 13.2. The van der Waals surface area contributed by atoms with Crippen molar-refractivity contribution in [2.45, 2.75) is 37.2 Å². The average Bonchev–Trinajstić information content (AvgIpc) is 3.40. The maximum absolute atomic E-state index is 13.2. The highest BCUT2D eigenvalue weighted by Gasteiger charge is 2.26. The number of thioether (sulfide) groups is 1. The van der Waals surface area contributed by atoms with Gasteiger partial charge >= 0.3 is 0 Å². The topological polar surface area (TPSA) is 42.4 Å². The molecule has 1 atom stereocenters. The van der Waals surface area contributed by atoms with Crippen molar-refractivity contribution in [1.29, 1.82) is 0 Å². The van der Waals surface area contributed by atoms with Crippen molar-refractivity contribution in [3.05, 3.63) is 53.1 Å². The molecule has 1 saturated heterocycles. The SMILES string of the molecule is Cc1ccc(Cl)c2sc(N(CC3CCCO3)C(=O)CCSc3ccccc3)nc12. The fourth-order valence-corrected chi connectivity index (χ4v) is 5.60. The number of amides is 1. The van der Waals surface area contributed by atoms with Gasteiger partial charge in [0.1, 0.15) is 0 Å². The van der Waals surface area contributed by atoms with Crippen molar-refractivity contribution in [3.8, 4) is 0 Å². The third kappa shape index (κ3) is 4.94. The fraction of sp³-hybridized carbons (Fsp3) is 0.364. The molecule has 0 aliphatic carbocycles. The molecule has 7 heteroatoms. The number of carbonyl (C=O) groups excluding carboxylic acids is 1. The summed E-state index contributed by atoms with van der Waals surface area (Å²) >= 11 is 9.57. The number of benzene rings is 2. The lowest BCUT2D eigenvalue weighted by Crippen LogP contribution is -2.37. The second kappa shape index (κ2) is 9.47. The molecule has 1 aromatic heterocycles. The van der Waals surface area contributed by atoms with Crippen LogP contribution in [0.1, 0.15) is 24.8 Å². The summed E-state index contributed by atoms with van der Waals surface area (Å²) in [5, 5.41) is 1.39. The molecule has 1 aliphatic rings. The Morgan fingerprint density at radius 3 is 2.86 bits per heavy atom. The smallest absolute Gasteiger partial charge is 0.229 e. The minimum atomic E-state index is 0.0734. The Labute approximate surface area is 184 Å². The van der Waals surface area contributed by atoms with Crippen LogP contribution in [0.5, 0.6) is 0 Å². The Morgan fingerprint density at radius 2 is 2.14 bits per heavy atom. The molecule has 1 amide bonds. The van der Waals surface area contributed by atoms with Gasteiger partial charge in [0.15, 0.2) is 5.13 Å². The van der Waals surface area contributed by atoms with Gasteiger partial charge in [0.25, 0.3) is 0 Å². The summed E-state index contributed by atoms with van der Waals surface area (Å²) in [5.41, 5.74) is 1.94. The lowest BCUT2D eigenvalue weighted by molar-refractivity contribution is -0.118. The molecular formula is C22H23ClN2O2S2. The second-order valence-corrected chi connectivity index (χ2v) is 9.64. The number of aryl methyl sites for hydroxylation is 1. The van der Waals surface area contributed by atoms with E-state index in [4.69, 9.17) is 21.3 Å². The molecular weight excluding hydrogens is 424 g/mol. The van der Waals surface area contributed by atoms with E-state index in [1.165, 1.54) is 16.2 Å². The van der Waals surface area contributed by atoms with Crippen molar-refractivity contribution in [1.82, 2.24) is 4.98 Å². The Balaban J connectivity index is 1.53. The van der Waals surface area contributed by atoms with Crippen LogP contribution in [0.4, 0.5) is 5.13 Å². The van der Waals surface area contributed by atoms with Crippen LogP contribution in [-0.2, 0) is 9.53 Å². The molecule has 2 heterocycles. The van der Waals surface area contributed by atoms with Crippen LogP contribution >= 0.6 is 34.7 Å². The molecule has 1 aliphatic heterocycles. The first-order valence-corrected chi connectivity index (χ1v) is 12.0. The number of nitrogens with zero attached hydrogens (tertiary/aromatic N) is 2. The third-order valence-electron chi connectivity index (χ3n) is 4.96. The van der Waals surface area contributed by atoms with Crippen LogP contribution in [-0.4, -0.2) is 35.9 Å². The van der Waals surface area contributed by atoms with Crippen LogP contribution in [0.3, 0.4) is 0 Å². The van der Waals surface area contributed by atoms with Crippen molar-refractivity contribution in [2.75, 3.05) is 23.8 Å². The van der Waals surface area contributed by atoms with Gasteiger partial charge in [-0.25, -0.2) is 4.98 Å². The molecule has 1 fully saturated rings. The van der Waals surface area contributed by atoms with E-state index in [2.05, 4.69) is 12.1 Å². The zero-order chi connectivity index (χ0) is 20.2. The quantitative estimate of drug-likeness (QED) is 0.420. The number of hydrogen-bond acceptors (Lipinski definition) is 5. The summed E-state index contributed by atoms with van der Waals surface area (Å²) in [5.74, 6) is 0.812. The van der Waals surface area contributed by atoms with E-state index in [-0.39, 0.29) is 12.0 Å². The van der Waals surface area contributed by atoms with Gasteiger partial charge in [0.2, 0.25) is 5.91 Å². The van der Waals surface area contributed by atoms with Crippen LogP contribution in [0, 0.1) is 6.92 Å². The molecule has 0 saturated carbocycles. The largest absolute Gasteiger partial charge is 0.376 e. The van der Waals surface area contributed by atoms with Crippen LogP contribution in [0.25, 0.3) is 10.2 Å². The van der Waals surface area contributed by atoms with Gasteiger partial charge in [-0.15, -0.1) is 11.8 Å². The molecule has 0 bridgehead atoms. The molecule has 0 radical (unpaired) electrons. The molecule has 29 heavy (non-hydrogen) atoms. The predicted molar refractivity (Wildman–Crippen MR) is 122 cm³/mol. The number of thiazole rings is 1. The molecule has 4 nitrogen and oxygen atoms in total. The summed E-state index contributed by atoms with van der Waals surface area (Å²) in [6, 6.07) is 14.0. The minimum absolute atomic E-state index is 0.0734. The van der Waals surface area contributed by atoms with Gasteiger partial charge < -0.3 is 4.74 Å². The van der Waals surface area contributed by atoms with E-state index in [9.17, 15) is 4.79 Å². The van der Waals surface area contributed by atoms with Crippen LogP contribution in [0.2, 0.25) is 5.02 Å². The number of fused-ring (bicyclic) bond motifs is 1. The van der Waals surface area contributed by atoms with Crippen LogP contribution in [0.15, 0.2) is 47.4 Å². The summed E-state index contributed by atoms with van der Waals surface area (Å²) in [7, 11) is 0. The van der Waals surface area contributed by atoms with Gasteiger partial charge in [0, 0.05) is 23.7 Å². The Bertz CT molecular complexity index is 948. The van der Waals surface area contributed by atoms with Gasteiger partial charge in [-0.3, -0.25) is 9.69 Å². The molecule has 4 rings (SSSR count). The average molecular weight is 447 g/mol. The lowest BCUT2D eigenvalue weighted by Gasteiger charge is -2.23. The van der Waals surface area contributed by atoms with E-state index in [1.54, 1.807) is 11.8 Å². The van der Waals surface area contributed by atoms with Crippen molar-refractivity contribution >= 4 is 56.0 Å². The molecule has 3 aromatic rings. The lowest BCUT2D eigenvalue weighted by atomic mass is 10.2. The number of halogens is 1. The van der Waals surface area contributed by atoms with Gasteiger partial charge in [-0.05, 0) is 43.5 Å². The first kappa shape index (κ1) is 20.7. The molecule has 152 valence electrons. The van der Waals surface area contributed by atoms with Gasteiger partial charge in [-0.1, -0.05) is 47.2 Å². The number of ether oxygens (including phenoxy) is 1. The summed E-state index contributed by atoms with van der Waals surface area (Å²) in [6.45, 7) is 3.33. The highest BCUT2D eigenvalue weighted by molar-refractivity contribution is 7.99. The summed E-state index contributed by atoms with van der Waals surface area (Å²) < 4.78 is 6.74. The standard InChI is InChI=1S/C22H23ClN2O2S2/c1-15-9-10-18(23)21-20(15)24-22(29-21)25(14-16-6-5-12-27-16)19(26)11-13-28-17-7-3-2-4-8-17/h2-4,7-10,16H,5-6,11-14H2,1H3. The minimum Gasteiger partial charge on any atom is -0.376 e. The predicted octanol–water partition coefficient (Wildman–Crippen LogP) is 5.95. The highest BCUT2D eigenvalue weighted by Crippen LogP contribution is 2.36. The van der Waals surface area contributed by atoms with Crippen molar-refractivity contribution < 1.29 is 9.53 Å². The van der Waals surface area contributed by atoms with Gasteiger partial charge in [-0.2, -0.15) is 0 Å². The molecule has 0 N–H and O–H groups in total. The van der Waals surface area contributed by atoms with E-state index < -0.39 is 0 Å². The highest BCUT2D eigenvalue weighted by atomic mass is 35.5. The zero-order valence-corrected chi connectivity index (χ0v) is 18.7. The Hall–Kier alpha value is -1.60. The number of hydrogen-bond donors (Lipinski definition) is 0. The first-order chi connectivity index (χ1) is 14.1. The number of aromatic nitrogens is 1. The van der Waals surface area contributed by atoms with Crippen molar-refractivity contribution in [2.24, 2.45) is 0 Å². The van der Waals surface area contributed by atoms with E-state index in [0.29, 0.717) is 23.1 Å². The Kier molecular flexibility index (Phi) is 6.75. The number of rotatable bonds is 7.